The summed E-state index contributed by atoms with van der Waals surface area (Å²) in [4.78, 5) is 34.2. The van der Waals surface area contributed by atoms with Crippen molar-refractivity contribution in [3.8, 4) is 11.8 Å². The average molecular weight is 425 g/mol. The number of imide groups is 1. The van der Waals surface area contributed by atoms with Crippen molar-refractivity contribution in [3.63, 3.8) is 0 Å². The number of nitriles is 1. The smallest absolute Gasteiger partial charge is 0.266 e. The molecule has 2 saturated heterocycles. The molecule has 2 amide bonds. The van der Waals surface area contributed by atoms with Crippen molar-refractivity contribution in [2.75, 3.05) is 17.1 Å². The first-order valence-corrected chi connectivity index (χ1v) is 10.2. The van der Waals surface area contributed by atoms with Gasteiger partial charge in [-0.05, 0) is 42.0 Å². The molecule has 2 fully saturated rings. The predicted molar refractivity (Wildman–Crippen MR) is 117 cm³/mol. The van der Waals surface area contributed by atoms with E-state index in [-0.39, 0.29) is 5.91 Å². The molecule has 3 aromatic rings. The molecule has 7 nitrogen and oxygen atoms in total. The van der Waals surface area contributed by atoms with E-state index in [2.05, 4.69) is 6.07 Å². The summed E-state index contributed by atoms with van der Waals surface area (Å²) in [5, 5.41) is 10.8. The summed E-state index contributed by atoms with van der Waals surface area (Å²) in [6.45, 7) is 0. The zero-order valence-electron chi connectivity index (χ0n) is 17.2. The highest BCUT2D eigenvalue weighted by atomic mass is 16.7. The van der Waals surface area contributed by atoms with Gasteiger partial charge in [-0.1, -0.05) is 36.4 Å². The first kappa shape index (κ1) is 19.8. The fourth-order valence-corrected chi connectivity index (χ4v) is 4.31. The highest BCUT2D eigenvalue weighted by Gasteiger charge is 2.60. The van der Waals surface area contributed by atoms with Crippen LogP contribution in [0.3, 0.4) is 0 Å². The van der Waals surface area contributed by atoms with Gasteiger partial charge in [-0.2, -0.15) is 5.26 Å². The second-order valence-corrected chi connectivity index (χ2v) is 7.61. The van der Waals surface area contributed by atoms with Crippen LogP contribution in [0.15, 0.2) is 78.9 Å². The molecular weight excluding hydrogens is 406 g/mol. The molecule has 32 heavy (non-hydrogen) atoms. The van der Waals surface area contributed by atoms with E-state index in [1.807, 2.05) is 30.3 Å². The molecule has 0 N–H and O–H groups in total. The Kier molecular flexibility index (Phi) is 4.85. The zero-order valence-corrected chi connectivity index (χ0v) is 17.2. The second kappa shape index (κ2) is 7.84. The number of rotatable bonds is 4. The largest absolute Gasteiger partial charge is 0.497 e. The van der Waals surface area contributed by atoms with E-state index < -0.39 is 24.0 Å². The quantitative estimate of drug-likeness (QED) is 0.594. The van der Waals surface area contributed by atoms with E-state index >= 15 is 0 Å². The van der Waals surface area contributed by atoms with Crippen LogP contribution in [0.25, 0.3) is 0 Å². The maximum atomic E-state index is 13.6. The Morgan fingerprint density at radius 2 is 1.62 bits per heavy atom. The van der Waals surface area contributed by atoms with E-state index in [1.54, 1.807) is 53.6 Å². The zero-order chi connectivity index (χ0) is 22.2. The fraction of sp³-hybridized carbons (Fsp3) is 0.160. The first-order valence-electron chi connectivity index (χ1n) is 10.2. The van der Waals surface area contributed by atoms with Gasteiger partial charge in [0.15, 0.2) is 6.10 Å². The number of para-hydroxylation sites is 1. The number of hydrogen-bond donors (Lipinski definition) is 0. The van der Waals surface area contributed by atoms with E-state index in [0.29, 0.717) is 17.0 Å². The number of hydroxylamine groups is 1. The number of nitrogens with zero attached hydrogens (tertiary/aromatic N) is 3. The molecule has 5 rings (SSSR count). The molecule has 0 unspecified atom stereocenters. The standard InChI is InChI=1S/C25H19N3O4/c1-31-20-9-5-8-19(14-20)27-24(29)21-22(17-12-10-16(15-26)11-13-17)28(32-23(21)25(27)30)18-6-3-2-4-7-18/h2-14,21-23H,1H3/t21-,22+,23+/m0/s1. The lowest BCUT2D eigenvalue weighted by Crippen LogP contribution is -2.37. The lowest BCUT2D eigenvalue weighted by molar-refractivity contribution is -0.126. The minimum absolute atomic E-state index is 0.332. The van der Waals surface area contributed by atoms with Crippen LogP contribution < -0.4 is 14.7 Å². The normalized spacial score (nSPS) is 22.1. The molecule has 0 radical (unpaired) electrons. The van der Waals surface area contributed by atoms with Gasteiger partial charge in [0.2, 0.25) is 5.91 Å². The van der Waals surface area contributed by atoms with Crippen LogP contribution in [0.1, 0.15) is 17.2 Å². The summed E-state index contributed by atoms with van der Waals surface area (Å²) in [5.41, 5.74) is 2.49. The molecule has 0 aromatic heterocycles. The lowest BCUT2D eigenvalue weighted by atomic mass is 9.90. The summed E-state index contributed by atoms with van der Waals surface area (Å²) in [6, 6.07) is 24.8. The maximum Gasteiger partial charge on any atom is 0.266 e. The van der Waals surface area contributed by atoms with Crippen LogP contribution in [0.2, 0.25) is 0 Å². The molecule has 2 aliphatic rings. The third kappa shape index (κ3) is 3.09. The Morgan fingerprint density at radius 3 is 2.31 bits per heavy atom. The van der Waals surface area contributed by atoms with Crippen molar-refractivity contribution in [1.82, 2.24) is 0 Å². The van der Waals surface area contributed by atoms with Gasteiger partial charge < -0.3 is 4.74 Å². The van der Waals surface area contributed by atoms with E-state index in [1.165, 1.54) is 12.0 Å². The number of amides is 2. The Hall–Kier alpha value is -4.15. The number of methoxy groups -OCH3 is 1. The highest BCUT2D eigenvalue weighted by molar-refractivity contribution is 6.24. The molecule has 2 aliphatic heterocycles. The number of carbonyl (C=O) groups is 2. The summed E-state index contributed by atoms with van der Waals surface area (Å²) in [5.74, 6) is -0.927. The number of ether oxygens (including phenoxy) is 1. The van der Waals surface area contributed by atoms with Crippen molar-refractivity contribution >= 4 is 23.2 Å². The van der Waals surface area contributed by atoms with Crippen molar-refractivity contribution in [3.05, 3.63) is 90.0 Å². The first-order chi connectivity index (χ1) is 15.6. The summed E-state index contributed by atoms with van der Waals surface area (Å²) in [7, 11) is 1.53. The third-order valence-electron chi connectivity index (χ3n) is 5.82. The summed E-state index contributed by atoms with van der Waals surface area (Å²) >= 11 is 0. The number of fused-ring (bicyclic) bond motifs is 1. The maximum absolute atomic E-state index is 13.6. The molecule has 0 aliphatic carbocycles. The number of anilines is 2. The van der Waals surface area contributed by atoms with Gasteiger partial charge in [-0.3, -0.25) is 14.4 Å². The van der Waals surface area contributed by atoms with Crippen LogP contribution in [-0.2, 0) is 14.4 Å². The molecular formula is C25H19N3O4. The van der Waals surface area contributed by atoms with Gasteiger partial charge in [0.25, 0.3) is 5.91 Å². The van der Waals surface area contributed by atoms with Crippen molar-refractivity contribution in [2.45, 2.75) is 12.1 Å². The molecule has 2 heterocycles. The van der Waals surface area contributed by atoms with Crippen LogP contribution in [-0.4, -0.2) is 25.0 Å². The average Bonchev–Trinajstić information content (AvgIpc) is 3.35. The SMILES string of the molecule is COc1cccc(N2C(=O)[C@H]3[C@@H](c4ccc(C#N)cc4)N(c4ccccc4)O[C@H]3C2=O)c1. The summed E-state index contributed by atoms with van der Waals surface area (Å²) in [6.07, 6.45) is -0.949. The van der Waals surface area contributed by atoms with E-state index in [0.717, 1.165) is 11.3 Å². The minimum Gasteiger partial charge on any atom is -0.497 e. The molecule has 3 atom stereocenters. The van der Waals surface area contributed by atoms with Gasteiger partial charge in [-0.25, -0.2) is 9.96 Å². The van der Waals surface area contributed by atoms with E-state index in [4.69, 9.17) is 14.8 Å². The molecule has 0 saturated carbocycles. The van der Waals surface area contributed by atoms with Gasteiger partial charge >= 0.3 is 0 Å². The lowest BCUT2D eigenvalue weighted by Gasteiger charge is -2.28. The Labute approximate surface area is 185 Å². The third-order valence-corrected chi connectivity index (χ3v) is 5.82. The van der Waals surface area contributed by atoms with Gasteiger partial charge in [0.05, 0.1) is 36.2 Å². The van der Waals surface area contributed by atoms with E-state index in [9.17, 15) is 9.59 Å². The Balaban J connectivity index is 1.58. The van der Waals surface area contributed by atoms with Crippen LogP contribution in [0.4, 0.5) is 11.4 Å². The van der Waals surface area contributed by atoms with Crippen molar-refractivity contribution in [2.24, 2.45) is 5.92 Å². The van der Waals surface area contributed by atoms with Crippen molar-refractivity contribution < 1.29 is 19.2 Å². The Bertz CT molecular complexity index is 1220. The highest BCUT2D eigenvalue weighted by Crippen LogP contribution is 2.47. The molecule has 7 heteroatoms. The monoisotopic (exact) mass is 425 g/mol. The number of benzene rings is 3. The molecule has 0 spiro atoms. The fourth-order valence-electron chi connectivity index (χ4n) is 4.31. The van der Waals surface area contributed by atoms with Gasteiger partial charge in [0, 0.05) is 6.07 Å². The topological polar surface area (TPSA) is 82.9 Å². The van der Waals surface area contributed by atoms with Crippen molar-refractivity contribution in [1.29, 1.82) is 5.26 Å². The summed E-state index contributed by atoms with van der Waals surface area (Å²) < 4.78 is 5.25. The molecule has 3 aromatic carbocycles. The predicted octanol–water partition coefficient (Wildman–Crippen LogP) is 3.62. The van der Waals surface area contributed by atoms with Crippen LogP contribution >= 0.6 is 0 Å². The minimum atomic E-state index is -0.949. The Morgan fingerprint density at radius 1 is 0.906 bits per heavy atom. The van der Waals surface area contributed by atoms with Gasteiger partial charge in [0.1, 0.15) is 11.7 Å². The molecule has 158 valence electrons. The van der Waals surface area contributed by atoms with Crippen LogP contribution in [0.5, 0.6) is 5.75 Å². The second-order valence-electron chi connectivity index (χ2n) is 7.61. The molecule has 0 bridgehead atoms. The van der Waals surface area contributed by atoms with Crippen LogP contribution in [0, 0.1) is 17.2 Å². The van der Waals surface area contributed by atoms with Gasteiger partial charge in [-0.15, -0.1) is 0 Å². The number of carbonyl (C=O) groups excluding carboxylic acids is 2. The number of hydrogen-bond acceptors (Lipinski definition) is 6.